The van der Waals surface area contributed by atoms with Crippen molar-refractivity contribution in [2.24, 2.45) is 0 Å². The topological polar surface area (TPSA) is 35.2 Å². The van der Waals surface area contributed by atoms with Crippen LogP contribution in [-0.4, -0.2) is 12.4 Å². The van der Waals surface area contributed by atoms with Gasteiger partial charge in [0.15, 0.2) is 0 Å². The molecule has 0 aliphatic carbocycles. The largest absolute Gasteiger partial charge is 0.493 e. The van der Waals surface area contributed by atoms with E-state index in [2.05, 4.69) is 15.9 Å². The number of ether oxygens (including phenoxy) is 1. The minimum absolute atomic E-state index is 0.260. The first-order valence-corrected chi connectivity index (χ1v) is 7.49. The summed E-state index contributed by atoms with van der Waals surface area (Å²) in [5.74, 6) is 1.19. The zero-order valence-electron chi connectivity index (χ0n) is 10.1. The molecule has 0 heterocycles. The Morgan fingerprint density at radius 1 is 1.16 bits per heavy atom. The first-order valence-electron chi connectivity index (χ1n) is 5.71. The van der Waals surface area contributed by atoms with Crippen LogP contribution in [0.2, 0.25) is 0 Å². The van der Waals surface area contributed by atoms with E-state index in [-0.39, 0.29) is 5.82 Å². The van der Waals surface area contributed by atoms with Gasteiger partial charge >= 0.3 is 0 Å². The molecule has 0 amide bonds. The third-order valence-corrected chi connectivity index (χ3v) is 3.94. The molecule has 0 atom stereocenters. The summed E-state index contributed by atoms with van der Waals surface area (Å²) in [4.78, 5) is 1.03. The quantitative estimate of drug-likeness (QED) is 0.499. The lowest BCUT2D eigenvalue weighted by molar-refractivity contribution is 0.343. The van der Waals surface area contributed by atoms with Gasteiger partial charge in [0.2, 0.25) is 0 Å². The van der Waals surface area contributed by atoms with Crippen LogP contribution in [0.5, 0.6) is 5.75 Å². The van der Waals surface area contributed by atoms with Gasteiger partial charge in [0.25, 0.3) is 0 Å². The van der Waals surface area contributed by atoms with E-state index < -0.39 is 0 Å². The van der Waals surface area contributed by atoms with Crippen molar-refractivity contribution in [1.82, 2.24) is 0 Å². The standard InChI is InChI=1S/C14H13BrFNOS/c15-10-1-6-14(13(17)9-10)19-8-7-18-12-4-2-11(16)3-5-12/h1-6,9H,7-8,17H2. The second-order valence-electron chi connectivity index (χ2n) is 3.83. The van der Waals surface area contributed by atoms with Gasteiger partial charge in [0, 0.05) is 20.8 Å². The maximum Gasteiger partial charge on any atom is 0.123 e. The average Bonchev–Trinajstić information content (AvgIpc) is 2.39. The van der Waals surface area contributed by atoms with Crippen LogP contribution >= 0.6 is 27.7 Å². The number of rotatable bonds is 5. The van der Waals surface area contributed by atoms with Crippen molar-refractivity contribution in [3.63, 3.8) is 0 Å². The number of hydrogen-bond acceptors (Lipinski definition) is 3. The van der Waals surface area contributed by atoms with Crippen LogP contribution in [-0.2, 0) is 0 Å². The second-order valence-corrected chi connectivity index (χ2v) is 5.89. The third kappa shape index (κ3) is 4.44. The summed E-state index contributed by atoms with van der Waals surface area (Å²) < 4.78 is 19.2. The van der Waals surface area contributed by atoms with E-state index in [0.717, 1.165) is 20.8 Å². The van der Waals surface area contributed by atoms with Crippen LogP contribution in [0.25, 0.3) is 0 Å². The Hall–Kier alpha value is -1.20. The van der Waals surface area contributed by atoms with Gasteiger partial charge in [-0.05, 0) is 42.5 Å². The molecule has 5 heteroatoms. The van der Waals surface area contributed by atoms with E-state index in [1.807, 2.05) is 18.2 Å². The second kappa shape index (κ2) is 6.82. The van der Waals surface area contributed by atoms with Crippen LogP contribution in [0.3, 0.4) is 0 Å². The number of nitrogens with two attached hydrogens (primary N) is 1. The Bertz CT molecular complexity index is 548. The van der Waals surface area contributed by atoms with Crippen molar-refractivity contribution in [2.45, 2.75) is 4.90 Å². The summed E-state index contributed by atoms with van der Waals surface area (Å²) in [7, 11) is 0. The van der Waals surface area contributed by atoms with Gasteiger partial charge in [0.05, 0.1) is 6.61 Å². The number of halogens is 2. The normalized spacial score (nSPS) is 10.4. The fraction of sp³-hybridized carbons (Fsp3) is 0.143. The highest BCUT2D eigenvalue weighted by molar-refractivity contribution is 9.10. The molecule has 2 aromatic carbocycles. The van der Waals surface area contributed by atoms with Crippen molar-refractivity contribution < 1.29 is 9.13 Å². The van der Waals surface area contributed by atoms with Crippen LogP contribution < -0.4 is 10.5 Å². The predicted octanol–water partition coefficient (Wildman–Crippen LogP) is 4.34. The van der Waals surface area contributed by atoms with Gasteiger partial charge in [-0.2, -0.15) is 0 Å². The first-order chi connectivity index (χ1) is 9.15. The molecule has 0 aromatic heterocycles. The van der Waals surface area contributed by atoms with Gasteiger partial charge in [-0.1, -0.05) is 15.9 Å². The average molecular weight is 342 g/mol. The molecule has 0 saturated carbocycles. The minimum atomic E-state index is -0.260. The summed E-state index contributed by atoms with van der Waals surface area (Å²) in [5.41, 5.74) is 6.65. The molecule has 0 aliphatic rings. The van der Waals surface area contributed by atoms with Crippen molar-refractivity contribution in [2.75, 3.05) is 18.1 Å². The summed E-state index contributed by atoms with van der Waals surface area (Å²) in [5, 5.41) is 0. The van der Waals surface area contributed by atoms with Crippen LogP contribution in [0.1, 0.15) is 0 Å². The van der Waals surface area contributed by atoms with E-state index in [1.54, 1.807) is 23.9 Å². The molecule has 2 rings (SSSR count). The number of benzene rings is 2. The molecule has 0 bridgehead atoms. The molecule has 100 valence electrons. The predicted molar refractivity (Wildman–Crippen MR) is 81.2 cm³/mol. The SMILES string of the molecule is Nc1cc(Br)ccc1SCCOc1ccc(F)cc1. The molecule has 0 fully saturated rings. The maximum absolute atomic E-state index is 12.7. The van der Waals surface area contributed by atoms with Gasteiger partial charge in [-0.15, -0.1) is 11.8 Å². The van der Waals surface area contributed by atoms with Gasteiger partial charge in [-0.25, -0.2) is 4.39 Å². The summed E-state index contributed by atoms with van der Waals surface area (Å²) in [6.07, 6.45) is 0. The van der Waals surface area contributed by atoms with Crippen LogP contribution in [0.4, 0.5) is 10.1 Å². The van der Waals surface area contributed by atoms with Crippen molar-refractivity contribution in [3.8, 4) is 5.75 Å². The zero-order chi connectivity index (χ0) is 13.7. The molecular formula is C14H13BrFNOS. The van der Waals surface area contributed by atoms with Crippen molar-refractivity contribution >= 4 is 33.4 Å². The lowest BCUT2D eigenvalue weighted by Gasteiger charge is -2.07. The highest BCUT2D eigenvalue weighted by Crippen LogP contribution is 2.27. The fourth-order valence-electron chi connectivity index (χ4n) is 1.49. The summed E-state index contributed by atoms with van der Waals surface area (Å²) >= 11 is 5.00. The molecule has 0 saturated heterocycles. The van der Waals surface area contributed by atoms with Gasteiger partial charge < -0.3 is 10.5 Å². The van der Waals surface area contributed by atoms with Gasteiger partial charge in [-0.3, -0.25) is 0 Å². The van der Waals surface area contributed by atoms with Crippen LogP contribution in [0, 0.1) is 5.82 Å². The zero-order valence-corrected chi connectivity index (χ0v) is 12.5. The Kier molecular flexibility index (Phi) is 5.10. The molecule has 0 radical (unpaired) electrons. The Balaban J connectivity index is 1.79. The van der Waals surface area contributed by atoms with E-state index in [9.17, 15) is 4.39 Å². The highest BCUT2D eigenvalue weighted by atomic mass is 79.9. The van der Waals surface area contributed by atoms with Gasteiger partial charge in [0.1, 0.15) is 11.6 Å². The Morgan fingerprint density at radius 3 is 2.58 bits per heavy atom. The van der Waals surface area contributed by atoms with E-state index in [4.69, 9.17) is 10.5 Å². The molecule has 2 N–H and O–H groups in total. The van der Waals surface area contributed by atoms with E-state index in [1.165, 1.54) is 12.1 Å². The lowest BCUT2D eigenvalue weighted by atomic mass is 10.3. The number of hydrogen-bond donors (Lipinski definition) is 1. The maximum atomic E-state index is 12.7. The lowest BCUT2D eigenvalue weighted by Crippen LogP contribution is -2.00. The third-order valence-electron chi connectivity index (χ3n) is 2.40. The van der Waals surface area contributed by atoms with Crippen LogP contribution in [0.15, 0.2) is 51.8 Å². The van der Waals surface area contributed by atoms with Crippen molar-refractivity contribution in [1.29, 1.82) is 0 Å². The molecule has 0 aliphatic heterocycles. The minimum Gasteiger partial charge on any atom is -0.493 e. The number of anilines is 1. The Labute approximate surface area is 124 Å². The monoisotopic (exact) mass is 341 g/mol. The highest BCUT2D eigenvalue weighted by Gasteiger charge is 2.01. The fourth-order valence-corrected chi connectivity index (χ4v) is 2.65. The molecule has 19 heavy (non-hydrogen) atoms. The molecule has 2 nitrogen and oxygen atoms in total. The molecular weight excluding hydrogens is 329 g/mol. The molecule has 2 aromatic rings. The number of nitrogen functional groups attached to an aromatic ring is 1. The molecule has 0 unspecified atom stereocenters. The smallest absolute Gasteiger partial charge is 0.123 e. The van der Waals surface area contributed by atoms with E-state index in [0.29, 0.717) is 12.4 Å². The Morgan fingerprint density at radius 2 is 1.89 bits per heavy atom. The molecule has 0 spiro atoms. The summed E-state index contributed by atoms with van der Waals surface area (Å²) in [6, 6.07) is 11.8. The first kappa shape index (κ1) is 14.2. The number of thioether (sulfide) groups is 1. The van der Waals surface area contributed by atoms with E-state index >= 15 is 0 Å². The summed E-state index contributed by atoms with van der Waals surface area (Å²) in [6.45, 7) is 0.547. The van der Waals surface area contributed by atoms with Crippen molar-refractivity contribution in [3.05, 3.63) is 52.8 Å².